The quantitative estimate of drug-likeness (QED) is 0.668. The summed E-state index contributed by atoms with van der Waals surface area (Å²) in [5.41, 5.74) is 5.71. The number of nitrogens with zero attached hydrogens (tertiary/aromatic N) is 3. The minimum Gasteiger partial charge on any atom is -0.340 e. The minimum atomic E-state index is 0.754. The van der Waals surface area contributed by atoms with Crippen LogP contribution in [-0.4, -0.2) is 16.5 Å². The van der Waals surface area contributed by atoms with Gasteiger partial charge in [0, 0.05) is 30.5 Å². The summed E-state index contributed by atoms with van der Waals surface area (Å²) in [7, 11) is 0. The van der Waals surface area contributed by atoms with Gasteiger partial charge >= 0.3 is 0 Å². The fraction of sp³-hybridized carbons (Fsp3) is 0.273. The Kier molecular flexibility index (Phi) is 5.52. The van der Waals surface area contributed by atoms with Crippen LogP contribution >= 0.6 is 0 Å². The summed E-state index contributed by atoms with van der Waals surface area (Å²) in [4.78, 5) is 11.6. The molecular weight excluding hydrogens is 320 g/mol. The third kappa shape index (κ3) is 4.39. The van der Waals surface area contributed by atoms with Crippen molar-refractivity contribution in [3.8, 4) is 0 Å². The number of nitrogens with one attached hydrogen (secondary N) is 1. The van der Waals surface area contributed by atoms with Gasteiger partial charge in [-0.2, -0.15) is 4.98 Å². The summed E-state index contributed by atoms with van der Waals surface area (Å²) >= 11 is 0. The Balaban J connectivity index is 1.87. The van der Waals surface area contributed by atoms with Crippen LogP contribution in [0.3, 0.4) is 0 Å². The van der Waals surface area contributed by atoms with Crippen molar-refractivity contribution < 1.29 is 0 Å². The molecule has 3 aromatic rings. The van der Waals surface area contributed by atoms with Gasteiger partial charge in [0.15, 0.2) is 0 Å². The number of aromatic nitrogens is 2. The van der Waals surface area contributed by atoms with Gasteiger partial charge in [0.25, 0.3) is 0 Å². The van der Waals surface area contributed by atoms with E-state index in [4.69, 9.17) is 4.98 Å². The van der Waals surface area contributed by atoms with Crippen molar-refractivity contribution in [2.75, 3.05) is 16.8 Å². The highest BCUT2D eigenvalue weighted by molar-refractivity contribution is 5.62. The number of hydrogen-bond acceptors (Lipinski definition) is 4. The van der Waals surface area contributed by atoms with Gasteiger partial charge in [-0.1, -0.05) is 42.5 Å². The Labute approximate surface area is 155 Å². The highest BCUT2D eigenvalue weighted by Gasteiger charge is 2.11. The van der Waals surface area contributed by atoms with Crippen LogP contribution in [0.15, 0.2) is 54.6 Å². The Hall–Kier alpha value is -2.88. The van der Waals surface area contributed by atoms with Crippen LogP contribution in [-0.2, 0) is 6.54 Å². The molecule has 1 N–H and O–H groups in total. The normalized spacial score (nSPS) is 10.6. The first kappa shape index (κ1) is 17.9. The lowest BCUT2D eigenvalue weighted by Gasteiger charge is -2.22. The highest BCUT2D eigenvalue weighted by atomic mass is 15.3. The standard InChI is InChI=1S/C22H26N4/c1-5-26(15-19-9-7-6-8-10-19)22-23-18(4)14-21(25-22)24-20-13-16(2)11-12-17(20)3/h6-14H,5,15H2,1-4H3,(H,23,24,25). The molecule has 0 aliphatic heterocycles. The van der Waals surface area contributed by atoms with Gasteiger partial charge in [0.05, 0.1) is 0 Å². The predicted molar refractivity (Wildman–Crippen MR) is 109 cm³/mol. The zero-order chi connectivity index (χ0) is 18.5. The summed E-state index contributed by atoms with van der Waals surface area (Å²) in [6.07, 6.45) is 0. The second kappa shape index (κ2) is 8.00. The van der Waals surface area contributed by atoms with Gasteiger partial charge in [0.2, 0.25) is 5.95 Å². The number of benzene rings is 2. The molecule has 0 saturated heterocycles. The second-order valence-corrected chi connectivity index (χ2v) is 6.64. The molecule has 0 unspecified atom stereocenters. The molecule has 0 fully saturated rings. The molecule has 0 saturated carbocycles. The molecule has 0 atom stereocenters. The maximum absolute atomic E-state index is 4.77. The van der Waals surface area contributed by atoms with E-state index in [1.807, 2.05) is 19.1 Å². The fourth-order valence-corrected chi connectivity index (χ4v) is 2.89. The SMILES string of the molecule is CCN(Cc1ccccc1)c1nc(C)cc(Nc2cc(C)ccc2C)n1. The fourth-order valence-electron chi connectivity index (χ4n) is 2.89. The van der Waals surface area contributed by atoms with Crippen LogP contribution in [0.4, 0.5) is 17.5 Å². The number of anilines is 3. The van der Waals surface area contributed by atoms with E-state index in [1.54, 1.807) is 0 Å². The van der Waals surface area contributed by atoms with E-state index in [0.29, 0.717) is 0 Å². The molecule has 0 spiro atoms. The summed E-state index contributed by atoms with van der Waals surface area (Å²) in [6, 6.07) is 18.8. The van der Waals surface area contributed by atoms with Gasteiger partial charge in [-0.05, 0) is 50.5 Å². The molecule has 4 heteroatoms. The molecule has 0 bridgehead atoms. The third-order valence-corrected chi connectivity index (χ3v) is 4.38. The summed E-state index contributed by atoms with van der Waals surface area (Å²) in [6.45, 7) is 9.98. The zero-order valence-electron chi connectivity index (χ0n) is 16.0. The number of hydrogen-bond donors (Lipinski definition) is 1. The third-order valence-electron chi connectivity index (χ3n) is 4.38. The van der Waals surface area contributed by atoms with Gasteiger partial charge in [-0.15, -0.1) is 0 Å². The van der Waals surface area contributed by atoms with Crippen LogP contribution < -0.4 is 10.2 Å². The minimum absolute atomic E-state index is 0.754. The van der Waals surface area contributed by atoms with Gasteiger partial charge < -0.3 is 10.2 Å². The van der Waals surface area contributed by atoms with Crippen molar-refractivity contribution in [2.45, 2.75) is 34.2 Å². The Bertz CT molecular complexity index is 875. The molecule has 0 radical (unpaired) electrons. The Morgan fingerprint density at radius 2 is 1.69 bits per heavy atom. The van der Waals surface area contributed by atoms with Crippen molar-refractivity contribution >= 4 is 17.5 Å². The monoisotopic (exact) mass is 346 g/mol. The van der Waals surface area contributed by atoms with E-state index >= 15 is 0 Å². The zero-order valence-corrected chi connectivity index (χ0v) is 16.0. The smallest absolute Gasteiger partial charge is 0.227 e. The first-order valence-electron chi connectivity index (χ1n) is 9.04. The first-order chi connectivity index (χ1) is 12.5. The van der Waals surface area contributed by atoms with E-state index in [2.05, 4.69) is 78.4 Å². The van der Waals surface area contributed by atoms with E-state index in [9.17, 15) is 0 Å². The van der Waals surface area contributed by atoms with Crippen LogP contribution in [0.2, 0.25) is 0 Å². The van der Waals surface area contributed by atoms with Crippen molar-refractivity contribution in [3.63, 3.8) is 0 Å². The van der Waals surface area contributed by atoms with Gasteiger partial charge in [-0.25, -0.2) is 4.98 Å². The molecule has 0 aliphatic rings. The molecule has 0 aliphatic carbocycles. The maximum atomic E-state index is 4.77. The molecule has 2 aromatic carbocycles. The number of rotatable bonds is 6. The molecule has 1 heterocycles. The van der Waals surface area contributed by atoms with E-state index in [0.717, 1.165) is 36.2 Å². The van der Waals surface area contributed by atoms with E-state index < -0.39 is 0 Å². The van der Waals surface area contributed by atoms with Crippen molar-refractivity contribution in [1.29, 1.82) is 0 Å². The lowest BCUT2D eigenvalue weighted by molar-refractivity contribution is 0.788. The average Bonchev–Trinajstić information content (AvgIpc) is 2.63. The lowest BCUT2D eigenvalue weighted by Crippen LogP contribution is -2.24. The lowest BCUT2D eigenvalue weighted by atomic mass is 10.1. The Morgan fingerprint density at radius 3 is 2.42 bits per heavy atom. The van der Waals surface area contributed by atoms with E-state index in [1.165, 1.54) is 16.7 Å². The van der Waals surface area contributed by atoms with Crippen LogP contribution in [0.1, 0.15) is 29.3 Å². The van der Waals surface area contributed by atoms with E-state index in [-0.39, 0.29) is 0 Å². The van der Waals surface area contributed by atoms with Gasteiger partial charge in [-0.3, -0.25) is 0 Å². The molecule has 0 amide bonds. The predicted octanol–water partition coefficient (Wildman–Crippen LogP) is 5.17. The largest absolute Gasteiger partial charge is 0.340 e. The van der Waals surface area contributed by atoms with Gasteiger partial charge in [0.1, 0.15) is 5.82 Å². The maximum Gasteiger partial charge on any atom is 0.227 e. The topological polar surface area (TPSA) is 41.1 Å². The second-order valence-electron chi connectivity index (χ2n) is 6.64. The first-order valence-corrected chi connectivity index (χ1v) is 9.04. The molecular formula is C22H26N4. The highest BCUT2D eigenvalue weighted by Crippen LogP contribution is 2.23. The molecule has 26 heavy (non-hydrogen) atoms. The summed E-state index contributed by atoms with van der Waals surface area (Å²) in [5.74, 6) is 1.58. The molecule has 4 nitrogen and oxygen atoms in total. The Morgan fingerprint density at radius 1 is 0.923 bits per heavy atom. The van der Waals surface area contributed by atoms with Crippen molar-refractivity contribution in [1.82, 2.24) is 9.97 Å². The van der Waals surface area contributed by atoms with Crippen LogP contribution in [0.5, 0.6) is 0 Å². The van der Waals surface area contributed by atoms with Crippen LogP contribution in [0.25, 0.3) is 0 Å². The summed E-state index contributed by atoms with van der Waals surface area (Å²) < 4.78 is 0. The molecule has 1 aromatic heterocycles. The van der Waals surface area contributed by atoms with Crippen molar-refractivity contribution in [3.05, 3.63) is 77.0 Å². The molecule has 134 valence electrons. The average molecular weight is 346 g/mol. The van der Waals surface area contributed by atoms with Crippen molar-refractivity contribution in [2.24, 2.45) is 0 Å². The molecule has 3 rings (SSSR count). The van der Waals surface area contributed by atoms with Crippen LogP contribution in [0, 0.1) is 20.8 Å². The number of aryl methyl sites for hydroxylation is 3. The summed E-state index contributed by atoms with van der Waals surface area (Å²) in [5, 5.41) is 3.46.